The molecule has 3 unspecified atom stereocenters. The number of benzene rings is 1. The Kier molecular flexibility index (Phi) is 5.27. The minimum absolute atomic E-state index is 0.194. The Morgan fingerprint density at radius 2 is 2.08 bits per heavy atom. The van der Waals surface area contributed by atoms with E-state index in [0.717, 1.165) is 43.1 Å². The predicted molar refractivity (Wildman–Crippen MR) is 103 cm³/mol. The summed E-state index contributed by atoms with van der Waals surface area (Å²) in [5.41, 5.74) is 2.06. The topological polar surface area (TPSA) is 48.5 Å². The molecule has 4 nitrogen and oxygen atoms in total. The molecule has 26 heavy (non-hydrogen) atoms. The van der Waals surface area contributed by atoms with Gasteiger partial charge in [0.1, 0.15) is 11.7 Å². The molecule has 3 aliphatic heterocycles. The van der Waals surface area contributed by atoms with Gasteiger partial charge in [0.05, 0.1) is 12.7 Å². The van der Waals surface area contributed by atoms with Gasteiger partial charge in [-0.25, -0.2) is 4.39 Å². The van der Waals surface area contributed by atoms with E-state index >= 15 is 0 Å². The van der Waals surface area contributed by atoms with Crippen LogP contribution >= 0.6 is 11.6 Å². The summed E-state index contributed by atoms with van der Waals surface area (Å²) in [7, 11) is 0. The van der Waals surface area contributed by atoms with Gasteiger partial charge < -0.3 is 10.6 Å². The van der Waals surface area contributed by atoms with Crippen LogP contribution in [-0.4, -0.2) is 18.5 Å². The van der Waals surface area contributed by atoms with E-state index in [2.05, 4.69) is 27.1 Å². The summed E-state index contributed by atoms with van der Waals surface area (Å²) in [5.74, 6) is 1.88. The molecular formula is C20H24ClFN4. The molecule has 0 aromatic heterocycles. The van der Waals surface area contributed by atoms with E-state index < -0.39 is 0 Å². The van der Waals surface area contributed by atoms with E-state index in [0.29, 0.717) is 30.1 Å². The van der Waals surface area contributed by atoms with Crippen molar-refractivity contribution in [2.45, 2.75) is 38.4 Å². The number of hydrogen-bond donors (Lipinski definition) is 3. The Morgan fingerprint density at radius 1 is 1.19 bits per heavy atom. The average Bonchev–Trinajstić information content (AvgIpc) is 3.04. The van der Waals surface area contributed by atoms with Gasteiger partial charge in [-0.15, -0.1) is 0 Å². The third-order valence-corrected chi connectivity index (χ3v) is 5.80. The standard InChI is InChI=1S/C20H24ClFN4/c21-16-8-17-15(11-25-20(17)26-12-16)7-13-5-6-19(23-9-13)24-10-14-3-1-2-4-18(14)22/h1-4,9,12,15,17,20,25-26H,5-8,10-11H2,(H,23,24). The third kappa shape index (κ3) is 3.94. The van der Waals surface area contributed by atoms with E-state index in [-0.39, 0.29) is 5.82 Å². The van der Waals surface area contributed by atoms with Gasteiger partial charge >= 0.3 is 0 Å². The van der Waals surface area contributed by atoms with Crippen LogP contribution in [0.2, 0.25) is 0 Å². The highest BCUT2D eigenvalue weighted by atomic mass is 35.5. The zero-order valence-electron chi connectivity index (χ0n) is 14.6. The number of nitrogens with one attached hydrogen (secondary N) is 3. The molecule has 6 heteroatoms. The zero-order chi connectivity index (χ0) is 17.9. The Morgan fingerprint density at radius 3 is 2.88 bits per heavy atom. The van der Waals surface area contributed by atoms with Crippen LogP contribution in [0, 0.1) is 17.7 Å². The Labute approximate surface area is 158 Å². The van der Waals surface area contributed by atoms with Gasteiger partial charge in [0, 0.05) is 41.9 Å². The fourth-order valence-electron chi connectivity index (χ4n) is 4.05. The van der Waals surface area contributed by atoms with Gasteiger partial charge in [-0.2, -0.15) is 0 Å². The summed E-state index contributed by atoms with van der Waals surface area (Å²) in [6.07, 6.45) is 8.27. The Hall–Kier alpha value is -1.85. The van der Waals surface area contributed by atoms with Crippen LogP contribution in [0.25, 0.3) is 0 Å². The van der Waals surface area contributed by atoms with E-state index in [4.69, 9.17) is 11.6 Å². The van der Waals surface area contributed by atoms with Crippen LogP contribution in [0.4, 0.5) is 4.39 Å². The summed E-state index contributed by atoms with van der Waals surface area (Å²) in [6, 6.07) is 6.81. The van der Waals surface area contributed by atoms with Crippen LogP contribution in [0.15, 0.2) is 52.3 Å². The number of nitrogens with zero attached hydrogens (tertiary/aromatic N) is 1. The monoisotopic (exact) mass is 374 g/mol. The van der Waals surface area contributed by atoms with Crippen LogP contribution < -0.4 is 16.0 Å². The number of fused-ring (bicyclic) bond motifs is 1. The fourth-order valence-corrected chi connectivity index (χ4v) is 4.29. The quantitative estimate of drug-likeness (QED) is 0.754. The minimum atomic E-state index is -0.194. The first kappa shape index (κ1) is 17.6. The maximum atomic E-state index is 13.7. The highest BCUT2D eigenvalue weighted by Gasteiger charge is 2.37. The summed E-state index contributed by atoms with van der Waals surface area (Å²) in [6.45, 7) is 1.40. The smallest absolute Gasteiger partial charge is 0.128 e. The van der Waals surface area contributed by atoms with Crippen molar-refractivity contribution < 1.29 is 4.39 Å². The number of halogens is 2. The maximum absolute atomic E-state index is 13.7. The van der Waals surface area contributed by atoms with Crippen molar-refractivity contribution in [1.29, 1.82) is 0 Å². The number of hydrogen-bond acceptors (Lipinski definition) is 3. The normalized spacial score (nSPS) is 29.5. The number of allylic oxidation sites excluding steroid dienone is 2. The molecule has 3 heterocycles. The molecule has 138 valence electrons. The lowest BCUT2D eigenvalue weighted by molar-refractivity contribution is 0.325. The van der Waals surface area contributed by atoms with Crippen molar-refractivity contribution in [2.75, 3.05) is 6.54 Å². The average molecular weight is 375 g/mol. The van der Waals surface area contributed by atoms with Crippen LogP contribution in [0.1, 0.15) is 31.2 Å². The van der Waals surface area contributed by atoms with Crippen molar-refractivity contribution in [3.05, 3.63) is 58.7 Å². The second kappa shape index (κ2) is 7.80. The van der Waals surface area contributed by atoms with Crippen molar-refractivity contribution in [2.24, 2.45) is 16.8 Å². The first-order valence-electron chi connectivity index (χ1n) is 9.24. The highest BCUT2D eigenvalue weighted by Crippen LogP contribution is 2.36. The summed E-state index contributed by atoms with van der Waals surface area (Å²) in [5, 5.41) is 11.1. The summed E-state index contributed by atoms with van der Waals surface area (Å²) < 4.78 is 13.7. The molecule has 1 fully saturated rings. The fraction of sp³-hybridized carbons (Fsp3) is 0.450. The highest BCUT2D eigenvalue weighted by molar-refractivity contribution is 6.29. The lowest BCUT2D eigenvalue weighted by Gasteiger charge is -2.29. The largest absolute Gasteiger partial charge is 0.375 e. The molecule has 0 aliphatic carbocycles. The molecule has 1 aromatic carbocycles. The van der Waals surface area contributed by atoms with Gasteiger partial charge in [-0.3, -0.25) is 10.3 Å². The third-order valence-electron chi connectivity index (χ3n) is 5.53. The number of rotatable bonds is 4. The van der Waals surface area contributed by atoms with Crippen molar-refractivity contribution in [3.63, 3.8) is 0 Å². The van der Waals surface area contributed by atoms with E-state index in [1.807, 2.05) is 12.3 Å². The van der Waals surface area contributed by atoms with Gasteiger partial charge in [-0.05, 0) is 31.2 Å². The molecule has 0 saturated carbocycles. The molecular weight excluding hydrogens is 351 g/mol. The predicted octanol–water partition coefficient (Wildman–Crippen LogP) is 3.62. The second-order valence-corrected chi connectivity index (χ2v) is 7.76. The van der Waals surface area contributed by atoms with Crippen molar-refractivity contribution in [1.82, 2.24) is 16.0 Å². The van der Waals surface area contributed by atoms with Gasteiger partial charge in [-0.1, -0.05) is 35.4 Å². The van der Waals surface area contributed by atoms with Crippen molar-refractivity contribution in [3.8, 4) is 0 Å². The molecule has 4 rings (SSSR count). The van der Waals surface area contributed by atoms with Crippen LogP contribution in [0.3, 0.4) is 0 Å². The Bertz CT molecular complexity index is 758. The van der Waals surface area contributed by atoms with Crippen molar-refractivity contribution >= 4 is 17.4 Å². The van der Waals surface area contributed by atoms with Gasteiger partial charge in [0.2, 0.25) is 0 Å². The first-order valence-corrected chi connectivity index (χ1v) is 9.62. The maximum Gasteiger partial charge on any atom is 0.128 e. The Balaban J connectivity index is 1.33. The first-order chi connectivity index (χ1) is 12.7. The summed E-state index contributed by atoms with van der Waals surface area (Å²) in [4.78, 5) is 4.53. The van der Waals surface area contributed by atoms with Crippen LogP contribution in [0.5, 0.6) is 0 Å². The molecule has 0 radical (unpaired) electrons. The SMILES string of the molecule is Fc1ccccc1CN=C1CCC(CC2CNC3NC=C(Cl)CC23)=CN1. The molecule has 0 bridgehead atoms. The molecule has 3 N–H and O–H groups in total. The van der Waals surface area contributed by atoms with Gasteiger partial charge in [0.25, 0.3) is 0 Å². The minimum Gasteiger partial charge on any atom is -0.375 e. The van der Waals surface area contributed by atoms with E-state index in [1.54, 1.807) is 12.1 Å². The molecule has 3 aliphatic rings. The molecule has 3 atom stereocenters. The number of amidine groups is 1. The number of aliphatic imine (C=N–C) groups is 1. The zero-order valence-corrected chi connectivity index (χ0v) is 15.4. The van der Waals surface area contributed by atoms with E-state index in [1.165, 1.54) is 11.6 Å². The molecule has 0 spiro atoms. The summed E-state index contributed by atoms with van der Waals surface area (Å²) >= 11 is 6.21. The van der Waals surface area contributed by atoms with Crippen LogP contribution in [-0.2, 0) is 6.54 Å². The molecule has 0 amide bonds. The lowest BCUT2D eigenvalue weighted by atomic mass is 9.83. The second-order valence-electron chi connectivity index (χ2n) is 7.28. The molecule has 1 saturated heterocycles. The molecule has 1 aromatic rings. The lowest BCUT2D eigenvalue weighted by Crippen LogP contribution is -2.41. The van der Waals surface area contributed by atoms with E-state index in [9.17, 15) is 4.39 Å². The van der Waals surface area contributed by atoms with Gasteiger partial charge in [0.15, 0.2) is 0 Å².